The summed E-state index contributed by atoms with van der Waals surface area (Å²) in [5, 5.41) is 5.20. The van der Waals surface area contributed by atoms with E-state index in [4.69, 9.17) is 10.5 Å². The van der Waals surface area contributed by atoms with Gasteiger partial charge in [0.05, 0.1) is 35.8 Å². The maximum absolute atomic E-state index is 14.3. The summed E-state index contributed by atoms with van der Waals surface area (Å²) in [6.45, 7) is 4.52. The summed E-state index contributed by atoms with van der Waals surface area (Å²) in [4.78, 5) is 38.5. The monoisotopic (exact) mass is 520 g/mol. The zero-order chi connectivity index (χ0) is 26.9. The van der Waals surface area contributed by atoms with Crippen LogP contribution in [0, 0.1) is 0 Å². The van der Waals surface area contributed by atoms with Crippen molar-refractivity contribution < 1.29 is 9.53 Å². The molecule has 1 fully saturated rings. The van der Waals surface area contributed by atoms with Gasteiger partial charge in [-0.25, -0.2) is 4.98 Å². The summed E-state index contributed by atoms with van der Waals surface area (Å²) in [6.07, 6.45) is 3.21. The molecule has 39 heavy (non-hydrogen) atoms. The van der Waals surface area contributed by atoms with Crippen LogP contribution in [0.2, 0.25) is 0 Å². The Kier molecular flexibility index (Phi) is 6.42. The summed E-state index contributed by atoms with van der Waals surface area (Å²) >= 11 is 0. The Morgan fingerprint density at radius 1 is 1.00 bits per heavy atom. The molecule has 1 aliphatic heterocycles. The first kappa shape index (κ1) is 24.6. The van der Waals surface area contributed by atoms with Crippen LogP contribution in [0.5, 0.6) is 0 Å². The fourth-order valence-electron chi connectivity index (χ4n) is 5.22. The normalized spacial score (nSPS) is 14.4. The van der Waals surface area contributed by atoms with Crippen molar-refractivity contribution in [2.75, 3.05) is 36.9 Å². The molecule has 2 aromatic carbocycles. The Labute approximate surface area is 224 Å². The van der Waals surface area contributed by atoms with E-state index in [1.54, 1.807) is 23.0 Å². The number of benzene rings is 2. The minimum Gasteiger partial charge on any atom is -0.383 e. The van der Waals surface area contributed by atoms with Gasteiger partial charge in [0.1, 0.15) is 11.4 Å². The first-order chi connectivity index (χ1) is 19.0. The number of nitrogen functional groups attached to an aromatic ring is 1. The molecule has 5 aromatic rings. The zero-order valence-corrected chi connectivity index (χ0v) is 21.5. The number of anilines is 2. The highest BCUT2D eigenvalue weighted by Gasteiger charge is 2.24. The maximum atomic E-state index is 14.3. The summed E-state index contributed by atoms with van der Waals surface area (Å²) in [5.74, 6) is -0.314. The standard InChI is InChI=1S/C30H28N6O3/c1-19(34-29(37)26-27-21(8-6-12-32-27)18-33-28(26)31)24-17-20-7-5-11-23(35-13-15-39-16-14-35)25(20)30(38)36(24)22-9-3-2-4-10-22/h2-12,17-19H,13-16H2,1H3,(H2,31,33)(H,34,37)/t19-/m0/s1. The number of carbonyl (C=O) groups excluding carboxylic acids is 1. The highest BCUT2D eigenvalue weighted by Crippen LogP contribution is 2.29. The van der Waals surface area contributed by atoms with Gasteiger partial charge in [-0.05, 0) is 48.7 Å². The molecule has 3 N–H and O–H groups in total. The number of carbonyl (C=O) groups is 1. The molecule has 196 valence electrons. The number of nitrogens with zero attached hydrogens (tertiary/aromatic N) is 4. The number of amides is 1. The maximum Gasteiger partial charge on any atom is 0.265 e. The number of hydrogen-bond acceptors (Lipinski definition) is 7. The van der Waals surface area contributed by atoms with Gasteiger partial charge in [0.2, 0.25) is 0 Å². The molecular weight excluding hydrogens is 492 g/mol. The number of nitrogens with one attached hydrogen (secondary N) is 1. The predicted molar refractivity (Wildman–Crippen MR) is 152 cm³/mol. The van der Waals surface area contributed by atoms with Gasteiger partial charge in [-0.3, -0.25) is 19.1 Å². The molecule has 0 aliphatic carbocycles. The van der Waals surface area contributed by atoms with E-state index in [0.717, 1.165) is 11.1 Å². The molecule has 0 saturated carbocycles. The number of aromatic nitrogens is 3. The lowest BCUT2D eigenvalue weighted by atomic mass is 10.0. The second-order valence-electron chi connectivity index (χ2n) is 9.54. The van der Waals surface area contributed by atoms with E-state index in [9.17, 15) is 9.59 Å². The third kappa shape index (κ3) is 4.46. The average molecular weight is 521 g/mol. The number of hydrogen-bond donors (Lipinski definition) is 2. The van der Waals surface area contributed by atoms with E-state index in [-0.39, 0.29) is 16.9 Å². The van der Waals surface area contributed by atoms with Crippen molar-refractivity contribution in [1.29, 1.82) is 0 Å². The van der Waals surface area contributed by atoms with Crippen LogP contribution in [0.3, 0.4) is 0 Å². The van der Waals surface area contributed by atoms with Crippen LogP contribution in [-0.4, -0.2) is 46.7 Å². The Morgan fingerprint density at radius 2 is 1.77 bits per heavy atom. The number of pyridine rings is 3. The van der Waals surface area contributed by atoms with Crippen molar-refractivity contribution >= 4 is 39.1 Å². The van der Waals surface area contributed by atoms with Crippen LogP contribution in [0.25, 0.3) is 27.4 Å². The molecule has 1 amide bonds. The van der Waals surface area contributed by atoms with Crippen LogP contribution in [0.1, 0.15) is 29.0 Å². The van der Waals surface area contributed by atoms with Crippen molar-refractivity contribution in [3.05, 3.63) is 101 Å². The van der Waals surface area contributed by atoms with Gasteiger partial charge < -0.3 is 20.7 Å². The van der Waals surface area contributed by atoms with Crippen LogP contribution in [-0.2, 0) is 4.74 Å². The Hall–Kier alpha value is -4.76. The zero-order valence-electron chi connectivity index (χ0n) is 21.5. The number of ether oxygens (including phenoxy) is 1. The fourth-order valence-corrected chi connectivity index (χ4v) is 5.22. The van der Waals surface area contributed by atoms with Crippen LogP contribution >= 0.6 is 0 Å². The fraction of sp³-hybridized carbons (Fsp3) is 0.200. The lowest BCUT2D eigenvalue weighted by Crippen LogP contribution is -2.37. The molecule has 9 nitrogen and oxygen atoms in total. The third-order valence-electron chi connectivity index (χ3n) is 7.11. The second-order valence-corrected chi connectivity index (χ2v) is 9.54. The smallest absolute Gasteiger partial charge is 0.265 e. The molecule has 0 radical (unpaired) electrons. The molecule has 0 bridgehead atoms. The minimum atomic E-state index is -0.541. The molecule has 4 heterocycles. The summed E-state index contributed by atoms with van der Waals surface area (Å²) in [5.41, 5.74) is 8.91. The van der Waals surface area contributed by atoms with Crippen LogP contribution in [0.15, 0.2) is 83.9 Å². The van der Waals surface area contributed by atoms with Gasteiger partial charge in [-0.1, -0.05) is 30.3 Å². The van der Waals surface area contributed by atoms with E-state index >= 15 is 0 Å². The Bertz CT molecular complexity index is 1750. The molecule has 6 rings (SSSR count). The van der Waals surface area contributed by atoms with Crippen LogP contribution < -0.4 is 21.5 Å². The summed E-state index contributed by atoms with van der Waals surface area (Å²) in [6, 6.07) is 20.4. The molecule has 9 heteroatoms. The molecular formula is C30H28N6O3. The Morgan fingerprint density at radius 3 is 2.56 bits per heavy atom. The first-order valence-corrected chi connectivity index (χ1v) is 12.9. The highest BCUT2D eigenvalue weighted by atomic mass is 16.5. The van der Waals surface area contributed by atoms with E-state index in [0.29, 0.717) is 54.0 Å². The van der Waals surface area contributed by atoms with Crippen LogP contribution in [0.4, 0.5) is 11.5 Å². The number of rotatable bonds is 5. The Balaban J connectivity index is 1.48. The lowest BCUT2D eigenvalue weighted by Gasteiger charge is -2.30. The molecule has 0 unspecified atom stereocenters. The molecule has 1 atom stereocenters. The lowest BCUT2D eigenvalue weighted by molar-refractivity contribution is 0.0941. The quantitative estimate of drug-likeness (QED) is 0.362. The van der Waals surface area contributed by atoms with Crippen molar-refractivity contribution in [2.24, 2.45) is 0 Å². The van der Waals surface area contributed by atoms with Crippen molar-refractivity contribution in [3.8, 4) is 5.69 Å². The summed E-state index contributed by atoms with van der Waals surface area (Å²) in [7, 11) is 0. The summed E-state index contributed by atoms with van der Waals surface area (Å²) < 4.78 is 7.21. The number of nitrogens with two attached hydrogens (primary N) is 1. The van der Waals surface area contributed by atoms with Gasteiger partial charge in [0.25, 0.3) is 11.5 Å². The molecule has 3 aromatic heterocycles. The second kappa shape index (κ2) is 10.2. The first-order valence-electron chi connectivity index (χ1n) is 12.9. The van der Waals surface area contributed by atoms with Crippen molar-refractivity contribution in [2.45, 2.75) is 13.0 Å². The van der Waals surface area contributed by atoms with E-state index in [2.05, 4.69) is 20.2 Å². The molecule has 0 spiro atoms. The van der Waals surface area contributed by atoms with Crippen molar-refractivity contribution in [1.82, 2.24) is 19.9 Å². The predicted octanol–water partition coefficient (Wildman–Crippen LogP) is 3.84. The van der Waals surface area contributed by atoms with Gasteiger partial charge >= 0.3 is 0 Å². The third-order valence-corrected chi connectivity index (χ3v) is 7.11. The topological polar surface area (TPSA) is 115 Å². The van der Waals surface area contributed by atoms with E-state index < -0.39 is 11.9 Å². The SMILES string of the molecule is C[C@H](NC(=O)c1c(N)ncc2cccnc12)c1cc2cccc(N3CCOCC3)c2c(=O)n1-c1ccccc1. The highest BCUT2D eigenvalue weighted by molar-refractivity contribution is 6.09. The molecule has 1 aliphatic rings. The number of para-hydroxylation sites is 1. The van der Waals surface area contributed by atoms with Gasteiger partial charge in [-0.15, -0.1) is 0 Å². The van der Waals surface area contributed by atoms with Gasteiger partial charge in [0, 0.05) is 42.3 Å². The molecule has 1 saturated heterocycles. The number of fused-ring (bicyclic) bond motifs is 2. The van der Waals surface area contributed by atoms with Gasteiger partial charge in [-0.2, -0.15) is 0 Å². The van der Waals surface area contributed by atoms with Gasteiger partial charge in [0.15, 0.2) is 0 Å². The minimum absolute atomic E-state index is 0.0972. The van der Waals surface area contributed by atoms with E-state index in [1.807, 2.05) is 67.6 Å². The largest absolute Gasteiger partial charge is 0.383 e. The van der Waals surface area contributed by atoms with E-state index in [1.165, 1.54) is 0 Å². The number of morpholine rings is 1. The van der Waals surface area contributed by atoms with Crippen molar-refractivity contribution in [3.63, 3.8) is 0 Å². The average Bonchev–Trinajstić information content (AvgIpc) is 2.97.